The molecule has 198 valence electrons. The zero-order valence-corrected chi connectivity index (χ0v) is 21.1. The summed E-state index contributed by atoms with van der Waals surface area (Å²) >= 11 is 0. The van der Waals surface area contributed by atoms with Crippen molar-refractivity contribution < 1.29 is 13.9 Å². The first-order valence-electron chi connectivity index (χ1n) is 12.7. The number of methoxy groups -OCH3 is 1. The molecule has 0 unspecified atom stereocenters. The number of halogens is 1. The number of amides is 1. The molecule has 3 N–H and O–H groups in total. The Bertz CT molecular complexity index is 1320. The van der Waals surface area contributed by atoms with Gasteiger partial charge in [0.2, 0.25) is 0 Å². The van der Waals surface area contributed by atoms with Crippen molar-refractivity contribution in [3.05, 3.63) is 46.5 Å². The van der Waals surface area contributed by atoms with Crippen LogP contribution >= 0.6 is 0 Å². The molecule has 11 nitrogen and oxygen atoms in total. The fraction of sp³-hybridized carbons (Fsp3) is 0.520. The van der Waals surface area contributed by atoms with Crippen LogP contribution in [0.4, 0.5) is 21.7 Å². The number of likely N-dealkylation sites (tertiary alicyclic amines) is 1. The summed E-state index contributed by atoms with van der Waals surface area (Å²) < 4.78 is 21.5. The van der Waals surface area contributed by atoms with Crippen LogP contribution in [0.1, 0.15) is 42.1 Å². The van der Waals surface area contributed by atoms with Crippen LogP contribution < -0.4 is 21.5 Å². The number of hydrogen-bond acceptors (Lipinski definition) is 8. The Kier molecular flexibility index (Phi) is 7.38. The van der Waals surface area contributed by atoms with Gasteiger partial charge in [-0.2, -0.15) is 9.61 Å². The van der Waals surface area contributed by atoms with E-state index >= 15 is 0 Å². The number of aromatic nitrogens is 4. The standard InChI is InChI=1S/C25H33FN8O3/c1-27-22-13-21(31-23-17(14-28-34(22)23)24(35)30-18-7-8-20(18)37-2)29-19-6-4-11-33(25(19)36)16-5-3-10-32(15-16)12-9-26/h4,6,11,13-14,16,18,20,27H,3,5,7-10,12,15H2,1-2H3,(H,29,31)(H,30,35)/t16-,18-,20-/m1/s1. The Hall–Kier alpha value is -3.51. The summed E-state index contributed by atoms with van der Waals surface area (Å²) in [5, 5.41) is 13.6. The van der Waals surface area contributed by atoms with E-state index in [0.29, 0.717) is 41.6 Å². The minimum Gasteiger partial charge on any atom is -0.379 e. The van der Waals surface area contributed by atoms with Gasteiger partial charge in [-0.3, -0.25) is 14.5 Å². The van der Waals surface area contributed by atoms with E-state index in [-0.39, 0.29) is 29.7 Å². The third kappa shape index (κ3) is 5.03. The molecule has 2 fully saturated rings. The van der Waals surface area contributed by atoms with Gasteiger partial charge in [-0.25, -0.2) is 9.37 Å². The fourth-order valence-corrected chi connectivity index (χ4v) is 5.14. The molecule has 4 heterocycles. The predicted molar refractivity (Wildman–Crippen MR) is 138 cm³/mol. The molecule has 0 radical (unpaired) electrons. The molecule has 5 rings (SSSR count). The van der Waals surface area contributed by atoms with Crippen molar-refractivity contribution in [3.63, 3.8) is 0 Å². The lowest BCUT2D eigenvalue weighted by atomic mass is 9.89. The van der Waals surface area contributed by atoms with Crippen LogP contribution in [0.2, 0.25) is 0 Å². The highest BCUT2D eigenvalue weighted by Crippen LogP contribution is 2.25. The highest BCUT2D eigenvalue weighted by molar-refractivity contribution is 6.00. The first kappa shape index (κ1) is 25.2. The smallest absolute Gasteiger partial charge is 0.274 e. The second-order valence-corrected chi connectivity index (χ2v) is 9.55. The van der Waals surface area contributed by atoms with Crippen LogP contribution in [-0.2, 0) is 4.74 Å². The molecule has 1 aliphatic heterocycles. The van der Waals surface area contributed by atoms with Gasteiger partial charge in [-0.15, -0.1) is 0 Å². The van der Waals surface area contributed by atoms with Crippen LogP contribution in [0.3, 0.4) is 0 Å². The third-order valence-corrected chi connectivity index (χ3v) is 7.31. The minimum atomic E-state index is -0.395. The number of rotatable bonds is 9. The van der Waals surface area contributed by atoms with E-state index in [1.54, 1.807) is 41.6 Å². The Balaban J connectivity index is 1.41. The molecule has 3 aromatic rings. The van der Waals surface area contributed by atoms with Crippen molar-refractivity contribution in [1.82, 2.24) is 29.4 Å². The van der Waals surface area contributed by atoms with Gasteiger partial charge < -0.3 is 25.3 Å². The minimum absolute atomic E-state index is 0.0114. The van der Waals surface area contributed by atoms with Gasteiger partial charge in [-0.1, -0.05) is 0 Å². The summed E-state index contributed by atoms with van der Waals surface area (Å²) in [5.41, 5.74) is 0.893. The SMILES string of the molecule is CNc1cc(Nc2cccn([C@@H]3CCCN(CCF)C3)c2=O)nc2c(C(=O)N[C@@H]3CC[C@H]3OC)cnn12. The van der Waals surface area contributed by atoms with Crippen LogP contribution in [0.5, 0.6) is 0 Å². The summed E-state index contributed by atoms with van der Waals surface area (Å²) in [7, 11) is 3.39. The third-order valence-electron chi connectivity index (χ3n) is 7.31. The molecule has 3 aromatic heterocycles. The molecule has 37 heavy (non-hydrogen) atoms. The Labute approximate surface area is 214 Å². The van der Waals surface area contributed by atoms with Crippen molar-refractivity contribution in [2.45, 2.75) is 43.9 Å². The van der Waals surface area contributed by atoms with Gasteiger partial charge in [-0.05, 0) is 44.4 Å². The molecular formula is C25H33FN8O3. The number of carbonyl (C=O) groups is 1. The zero-order chi connectivity index (χ0) is 25.9. The fourth-order valence-electron chi connectivity index (χ4n) is 5.14. The van der Waals surface area contributed by atoms with Gasteiger partial charge in [0.05, 0.1) is 18.3 Å². The number of fused-ring (bicyclic) bond motifs is 1. The Morgan fingerprint density at radius 1 is 1.30 bits per heavy atom. The second-order valence-electron chi connectivity index (χ2n) is 9.55. The van der Waals surface area contributed by atoms with Crippen LogP contribution in [0.15, 0.2) is 35.4 Å². The lowest BCUT2D eigenvalue weighted by Gasteiger charge is -2.35. The van der Waals surface area contributed by atoms with E-state index in [1.165, 1.54) is 6.20 Å². The zero-order valence-electron chi connectivity index (χ0n) is 21.1. The number of hydrogen-bond donors (Lipinski definition) is 3. The van der Waals surface area contributed by atoms with Gasteiger partial charge in [0, 0.05) is 45.6 Å². The number of ether oxygens (including phenoxy) is 1. The average Bonchev–Trinajstić information content (AvgIpc) is 3.32. The van der Waals surface area contributed by atoms with Crippen molar-refractivity contribution in [2.75, 3.05) is 51.1 Å². The number of piperidine rings is 1. The van der Waals surface area contributed by atoms with E-state index < -0.39 is 6.67 Å². The van der Waals surface area contributed by atoms with E-state index in [0.717, 1.165) is 32.2 Å². The first-order valence-corrected chi connectivity index (χ1v) is 12.7. The number of alkyl halides is 1. The van der Waals surface area contributed by atoms with E-state index in [9.17, 15) is 14.0 Å². The topological polar surface area (TPSA) is 118 Å². The van der Waals surface area contributed by atoms with Crippen LogP contribution in [-0.4, -0.2) is 82.6 Å². The van der Waals surface area contributed by atoms with Gasteiger partial charge >= 0.3 is 0 Å². The highest BCUT2D eigenvalue weighted by atomic mass is 19.1. The maximum absolute atomic E-state index is 13.4. The predicted octanol–water partition coefficient (Wildman–Crippen LogP) is 2.19. The maximum atomic E-state index is 13.4. The Morgan fingerprint density at radius 2 is 2.16 bits per heavy atom. The number of pyridine rings is 1. The summed E-state index contributed by atoms with van der Waals surface area (Å²) in [6.45, 7) is 1.47. The second kappa shape index (κ2) is 10.9. The monoisotopic (exact) mass is 512 g/mol. The summed E-state index contributed by atoms with van der Waals surface area (Å²) in [6.07, 6.45) is 6.83. The summed E-state index contributed by atoms with van der Waals surface area (Å²) in [5.74, 6) is 0.739. The molecule has 1 aliphatic carbocycles. The summed E-state index contributed by atoms with van der Waals surface area (Å²) in [4.78, 5) is 33.1. The molecule has 1 saturated heterocycles. The van der Waals surface area contributed by atoms with Crippen LogP contribution in [0.25, 0.3) is 5.65 Å². The normalized spacial score (nSPS) is 22.0. The summed E-state index contributed by atoms with van der Waals surface area (Å²) in [6, 6.07) is 5.19. The molecule has 2 aliphatic rings. The highest BCUT2D eigenvalue weighted by Gasteiger charge is 2.33. The van der Waals surface area contributed by atoms with E-state index in [1.807, 2.05) is 6.07 Å². The quantitative estimate of drug-likeness (QED) is 0.400. The number of nitrogens with zero attached hydrogens (tertiary/aromatic N) is 5. The van der Waals surface area contributed by atoms with Crippen molar-refractivity contribution in [3.8, 4) is 0 Å². The molecule has 0 bridgehead atoms. The average molecular weight is 513 g/mol. The maximum Gasteiger partial charge on any atom is 0.274 e. The van der Waals surface area contributed by atoms with Crippen molar-refractivity contribution in [1.29, 1.82) is 0 Å². The molecule has 0 aromatic carbocycles. The number of nitrogens with one attached hydrogen (secondary N) is 3. The van der Waals surface area contributed by atoms with Gasteiger partial charge in [0.15, 0.2) is 5.65 Å². The van der Waals surface area contributed by atoms with E-state index in [4.69, 9.17) is 4.74 Å². The van der Waals surface area contributed by atoms with Crippen molar-refractivity contribution >= 4 is 28.9 Å². The molecule has 12 heteroatoms. The number of anilines is 3. The molecule has 1 saturated carbocycles. The molecular weight excluding hydrogens is 479 g/mol. The lowest BCUT2D eigenvalue weighted by Crippen LogP contribution is -2.51. The molecule has 1 amide bonds. The van der Waals surface area contributed by atoms with E-state index in [2.05, 4.69) is 30.9 Å². The van der Waals surface area contributed by atoms with Crippen LogP contribution in [0, 0.1) is 0 Å². The van der Waals surface area contributed by atoms with Crippen molar-refractivity contribution in [2.24, 2.45) is 0 Å². The molecule has 0 spiro atoms. The molecule has 3 atom stereocenters. The largest absolute Gasteiger partial charge is 0.379 e. The number of carbonyl (C=O) groups excluding carboxylic acids is 1. The van der Waals surface area contributed by atoms with Gasteiger partial charge in [0.1, 0.15) is 29.6 Å². The first-order chi connectivity index (χ1) is 18.0. The Morgan fingerprint density at radius 3 is 2.89 bits per heavy atom. The lowest BCUT2D eigenvalue weighted by molar-refractivity contribution is 0.00732. The van der Waals surface area contributed by atoms with Gasteiger partial charge in [0.25, 0.3) is 11.5 Å².